The Morgan fingerprint density at radius 2 is 1.90 bits per heavy atom. The third-order valence-electron chi connectivity index (χ3n) is 5.13. The number of carbonyl (C=O) groups is 1. The molecule has 0 spiro atoms. The molecular formula is C22H19F2N3O2S. The molecule has 0 saturated heterocycles. The summed E-state index contributed by atoms with van der Waals surface area (Å²) >= 11 is 1.37. The number of aromatic nitrogens is 2. The van der Waals surface area contributed by atoms with Crippen molar-refractivity contribution in [3.8, 4) is 0 Å². The molecular weight excluding hydrogens is 408 g/mol. The van der Waals surface area contributed by atoms with E-state index >= 15 is 0 Å². The highest BCUT2D eigenvalue weighted by atomic mass is 32.2. The van der Waals surface area contributed by atoms with Crippen molar-refractivity contribution in [2.75, 3.05) is 5.32 Å². The predicted molar refractivity (Wildman–Crippen MR) is 112 cm³/mol. The molecule has 1 N–H and O–H groups in total. The first kappa shape index (κ1) is 20.3. The van der Waals surface area contributed by atoms with Crippen LogP contribution in [0, 0.1) is 18.6 Å². The van der Waals surface area contributed by atoms with Crippen molar-refractivity contribution in [3.05, 3.63) is 86.7 Å². The number of benzene rings is 2. The first-order chi connectivity index (χ1) is 14.3. The summed E-state index contributed by atoms with van der Waals surface area (Å²) in [7, 11) is 1.70. The topological polar surface area (TPSA) is 64.0 Å². The van der Waals surface area contributed by atoms with Gasteiger partial charge in [-0.3, -0.25) is 9.59 Å². The normalized spacial score (nSPS) is 15.6. The Morgan fingerprint density at radius 1 is 1.17 bits per heavy atom. The molecule has 2 heterocycles. The lowest BCUT2D eigenvalue weighted by molar-refractivity contribution is -0.116. The van der Waals surface area contributed by atoms with Gasteiger partial charge in [0.15, 0.2) is 5.16 Å². The van der Waals surface area contributed by atoms with Gasteiger partial charge in [-0.1, -0.05) is 47.7 Å². The second-order valence-corrected chi connectivity index (χ2v) is 8.21. The van der Waals surface area contributed by atoms with Gasteiger partial charge < -0.3 is 9.88 Å². The van der Waals surface area contributed by atoms with E-state index in [1.54, 1.807) is 11.6 Å². The molecule has 0 radical (unpaired) electrons. The van der Waals surface area contributed by atoms with Crippen molar-refractivity contribution in [1.82, 2.24) is 9.55 Å². The molecule has 154 valence electrons. The molecule has 0 saturated carbocycles. The van der Waals surface area contributed by atoms with Crippen molar-refractivity contribution in [2.45, 2.75) is 30.2 Å². The third kappa shape index (κ3) is 3.87. The summed E-state index contributed by atoms with van der Waals surface area (Å²) in [5.74, 6) is -1.77. The molecule has 1 atom stereocenters. The molecule has 30 heavy (non-hydrogen) atoms. The molecule has 2 aromatic carbocycles. The van der Waals surface area contributed by atoms with Crippen LogP contribution < -0.4 is 10.9 Å². The Hall–Kier alpha value is -3.00. The summed E-state index contributed by atoms with van der Waals surface area (Å²) < 4.78 is 29.4. The van der Waals surface area contributed by atoms with Crippen LogP contribution in [-0.2, 0) is 17.6 Å². The number of amides is 1. The molecule has 4 rings (SSSR count). The fourth-order valence-electron chi connectivity index (χ4n) is 3.55. The highest BCUT2D eigenvalue weighted by Crippen LogP contribution is 2.37. The van der Waals surface area contributed by atoms with Crippen molar-refractivity contribution in [2.24, 2.45) is 7.05 Å². The smallest absolute Gasteiger partial charge is 0.279 e. The van der Waals surface area contributed by atoms with Crippen LogP contribution in [0.25, 0.3) is 0 Å². The van der Waals surface area contributed by atoms with E-state index < -0.39 is 23.1 Å². The van der Waals surface area contributed by atoms with Gasteiger partial charge in [0.25, 0.3) is 5.56 Å². The molecule has 0 fully saturated rings. The molecule has 1 aliphatic rings. The van der Waals surface area contributed by atoms with Crippen LogP contribution in [0.3, 0.4) is 0 Å². The van der Waals surface area contributed by atoms with Gasteiger partial charge in [-0.15, -0.1) is 0 Å². The monoisotopic (exact) mass is 427 g/mol. The number of carbonyl (C=O) groups excluding carboxylic acids is 1. The van der Waals surface area contributed by atoms with Gasteiger partial charge in [0.2, 0.25) is 5.91 Å². The number of hydrogen-bond acceptors (Lipinski definition) is 4. The van der Waals surface area contributed by atoms with E-state index in [9.17, 15) is 18.4 Å². The molecule has 1 amide bonds. The average Bonchev–Trinajstić information content (AvgIpc) is 2.70. The minimum atomic E-state index is -0.823. The number of aryl methyl sites for hydroxylation is 1. The summed E-state index contributed by atoms with van der Waals surface area (Å²) in [6, 6.07) is 11.2. The maximum Gasteiger partial charge on any atom is 0.279 e. The zero-order valence-electron chi connectivity index (χ0n) is 16.4. The van der Waals surface area contributed by atoms with Crippen LogP contribution in [0.1, 0.15) is 34.6 Å². The lowest BCUT2D eigenvalue weighted by Gasteiger charge is -2.27. The summed E-state index contributed by atoms with van der Waals surface area (Å²) in [5.41, 5.74) is 2.02. The Bertz CT molecular complexity index is 1190. The number of thioether (sulfide) groups is 1. The summed E-state index contributed by atoms with van der Waals surface area (Å²) in [6.45, 7) is 2.01. The first-order valence-electron chi connectivity index (χ1n) is 9.37. The summed E-state index contributed by atoms with van der Waals surface area (Å²) in [6.07, 6.45) is -0.109. The van der Waals surface area contributed by atoms with Crippen LogP contribution in [-0.4, -0.2) is 15.5 Å². The van der Waals surface area contributed by atoms with E-state index in [1.807, 2.05) is 31.2 Å². The second-order valence-electron chi connectivity index (χ2n) is 7.27. The molecule has 0 aliphatic carbocycles. The molecule has 8 heteroatoms. The number of nitrogens with zero attached hydrogens (tertiary/aromatic N) is 2. The van der Waals surface area contributed by atoms with E-state index in [1.165, 1.54) is 17.8 Å². The number of anilines is 1. The van der Waals surface area contributed by atoms with Crippen molar-refractivity contribution in [3.63, 3.8) is 0 Å². The van der Waals surface area contributed by atoms with Gasteiger partial charge in [0.05, 0.1) is 5.56 Å². The minimum absolute atomic E-state index is 0.103. The molecule has 5 nitrogen and oxygen atoms in total. The van der Waals surface area contributed by atoms with E-state index in [2.05, 4.69) is 10.3 Å². The number of fused-ring (bicyclic) bond motifs is 1. The van der Waals surface area contributed by atoms with E-state index in [-0.39, 0.29) is 23.5 Å². The van der Waals surface area contributed by atoms with Crippen LogP contribution in [0.2, 0.25) is 0 Å². The molecule has 1 aliphatic heterocycles. The highest BCUT2D eigenvalue weighted by molar-refractivity contribution is 7.98. The Balaban J connectivity index is 1.72. The molecule has 1 aromatic heterocycles. The van der Waals surface area contributed by atoms with E-state index in [0.717, 1.165) is 23.3 Å². The predicted octanol–water partition coefficient (Wildman–Crippen LogP) is 4.13. The largest absolute Gasteiger partial charge is 0.312 e. The van der Waals surface area contributed by atoms with Gasteiger partial charge in [-0.25, -0.2) is 8.78 Å². The number of hydrogen-bond donors (Lipinski definition) is 1. The Morgan fingerprint density at radius 3 is 2.60 bits per heavy atom. The van der Waals surface area contributed by atoms with Crippen LogP contribution in [0.15, 0.2) is 52.4 Å². The highest BCUT2D eigenvalue weighted by Gasteiger charge is 2.33. The number of halogens is 2. The van der Waals surface area contributed by atoms with Gasteiger partial charge in [0.1, 0.15) is 17.5 Å². The maximum absolute atomic E-state index is 14.4. The third-order valence-corrected chi connectivity index (χ3v) is 6.23. The second kappa shape index (κ2) is 8.02. The van der Waals surface area contributed by atoms with Gasteiger partial charge in [-0.2, -0.15) is 4.98 Å². The Labute approximate surface area is 176 Å². The number of rotatable bonds is 4. The van der Waals surface area contributed by atoms with Gasteiger partial charge >= 0.3 is 0 Å². The maximum atomic E-state index is 14.4. The van der Waals surface area contributed by atoms with Crippen LogP contribution in [0.5, 0.6) is 0 Å². The molecule has 3 aromatic rings. The van der Waals surface area contributed by atoms with Gasteiger partial charge in [-0.05, 0) is 24.1 Å². The molecule has 0 bridgehead atoms. The Kier molecular flexibility index (Phi) is 5.42. The summed E-state index contributed by atoms with van der Waals surface area (Å²) in [4.78, 5) is 29.4. The zero-order valence-corrected chi connectivity index (χ0v) is 17.2. The lowest BCUT2D eigenvalue weighted by atomic mass is 9.86. The SMILES string of the molecule is Cc1ccc(CSc2nc(=O)c3c(n2C)NC(=O)CC3c2ccc(F)cc2F)cc1. The zero-order chi connectivity index (χ0) is 21.4. The summed E-state index contributed by atoms with van der Waals surface area (Å²) in [5, 5.41) is 3.16. The van der Waals surface area contributed by atoms with Crippen LogP contribution >= 0.6 is 11.8 Å². The quantitative estimate of drug-likeness (QED) is 0.502. The van der Waals surface area contributed by atoms with Crippen molar-refractivity contribution < 1.29 is 13.6 Å². The number of nitrogens with one attached hydrogen (secondary N) is 1. The average molecular weight is 427 g/mol. The van der Waals surface area contributed by atoms with Crippen molar-refractivity contribution in [1.29, 1.82) is 0 Å². The van der Waals surface area contributed by atoms with Crippen LogP contribution in [0.4, 0.5) is 14.6 Å². The minimum Gasteiger partial charge on any atom is -0.312 e. The van der Waals surface area contributed by atoms with E-state index in [4.69, 9.17) is 0 Å². The fourth-order valence-corrected chi connectivity index (χ4v) is 4.47. The fraction of sp³-hybridized carbons (Fsp3) is 0.227. The molecule has 1 unspecified atom stereocenters. The van der Waals surface area contributed by atoms with Crippen molar-refractivity contribution >= 4 is 23.5 Å². The first-order valence-corrected chi connectivity index (χ1v) is 10.4. The standard InChI is InChI=1S/C22H19F2N3O2S/c1-12-3-5-13(6-4-12)11-30-22-26-21(29)19-16(10-18(28)25-20(19)27(22)2)15-8-7-14(23)9-17(15)24/h3-9,16H,10-11H2,1-2H3,(H,25,28). The van der Waals surface area contributed by atoms with Gasteiger partial charge in [0, 0.05) is 31.2 Å². The lowest BCUT2D eigenvalue weighted by Crippen LogP contribution is -2.33. The van der Waals surface area contributed by atoms with E-state index in [0.29, 0.717) is 16.7 Å².